The predicted molar refractivity (Wildman–Crippen MR) is 62.6 cm³/mol. The van der Waals surface area contributed by atoms with Crippen molar-refractivity contribution < 1.29 is 4.79 Å². The molecule has 1 N–H and O–H groups in total. The van der Waals surface area contributed by atoms with E-state index in [0.29, 0.717) is 24.1 Å². The van der Waals surface area contributed by atoms with E-state index in [-0.39, 0.29) is 5.91 Å². The summed E-state index contributed by atoms with van der Waals surface area (Å²) in [5.74, 6) is 2.25. The lowest BCUT2D eigenvalue weighted by Gasteiger charge is -2.33. The maximum absolute atomic E-state index is 11.4. The van der Waals surface area contributed by atoms with Gasteiger partial charge in [-0.3, -0.25) is 4.79 Å². The second kappa shape index (κ2) is 5.64. The monoisotopic (exact) mass is 215 g/mol. The number of hydrogen-bond donors (Lipinski definition) is 2. The molecule has 0 saturated heterocycles. The van der Waals surface area contributed by atoms with Crippen molar-refractivity contribution in [2.24, 2.45) is 11.8 Å². The van der Waals surface area contributed by atoms with Crippen molar-refractivity contribution >= 4 is 18.5 Å². The topological polar surface area (TPSA) is 29.1 Å². The van der Waals surface area contributed by atoms with Gasteiger partial charge in [-0.15, -0.1) is 0 Å². The lowest BCUT2D eigenvalue weighted by molar-refractivity contribution is -0.122. The second-order valence-corrected chi connectivity index (χ2v) is 4.99. The van der Waals surface area contributed by atoms with Gasteiger partial charge in [0, 0.05) is 12.5 Å². The van der Waals surface area contributed by atoms with Gasteiger partial charge in [0.1, 0.15) is 0 Å². The fraction of sp³-hybridized carbons (Fsp3) is 0.909. The third-order valence-corrected chi connectivity index (χ3v) is 3.34. The summed E-state index contributed by atoms with van der Waals surface area (Å²) in [6.07, 6.45) is 4.17. The molecule has 1 saturated carbocycles. The maximum atomic E-state index is 11.4. The first-order valence-electron chi connectivity index (χ1n) is 5.53. The average Bonchev–Trinajstić information content (AvgIpc) is 2.10. The summed E-state index contributed by atoms with van der Waals surface area (Å²) >= 11 is 4.05. The van der Waals surface area contributed by atoms with Crippen LogP contribution in [0.1, 0.15) is 39.5 Å². The van der Waals surface area contributed by atoms with Crippen LogP contribution in [-0.2, 0) is 4.79 Å². The highest BCUT2D eigenvalue weighted by atomic mass is 32.1. The van der Waals surface area contributed by atoms with Crippen LogP contribution in [0, 0.1) is 11.8 Å². The van der Waals surface area contributed by atoms with E-state index in [0.717, 1.165) is 12.3 Å². The van der Waals surface area contributed by atoms with Crippen LogP contribution in [-0.4, -0.2) is 17.7 Å². The zero-order chi connectivity index (χ0) is 10.6. The Kier molecular flexibility index (Phi) is 4.79. The van der Waals surface area contributed by atoms with Crippen molar-refractivity contribution in [1.29, 1.82) is 0 Å². The summed E-state index contributed by atoms with van der Waals surface area (Å²) in [4.78, 5) is 11.4. The van der Waals surface area contributed by atoms with Crippen LogP contribution in [0.25, 0.3) is 0 Å². The predicted octanol–water partition coefficient (Wildman–Crippen LogP) is 2.25. The fourth-order valence-electron chi connectivity index (χ4n) is 2.26. The number of amides is 1. The van der Waals surface area contributed by atoms with E-state index >= 15 is 0 Å². The van der Waals surface area contributed by atoms with Gasteiger partial charge >= 0.3 is 0 Å². The van der Waals surface area contributed by atoms with E-state index in [1.165, 1.54) is 12.8 Å². The molecule has 2 nitrogen and oxygen atoms in total. The molecule has 0 aliphatic heterocycles. The smallest absolute Gasteiger partial charge is 0.221 e. The molecule has 0 aromatic heterocycles. The molecule has 0 bridgehead atoms. The molecule has 82 valence electrons. The highest BCUT2D eigenvalue weighted by Gasteiger charge is 2.25. The van der Waals surface area contributed by atoms with Gasteiger partial charge in [0.25, 0.3) is 0 Å². The summed E-state index contributed by atoms with van der Waals surface area (Å²) in [5, 5.41) is 3.10. The van der Waals surface area contributed by atoms with E-state index in [2.05, 4.69) is 31.8 Å². The number of nitrogens with one attached hydrogen (secondary N) is 1. The Morgan fingerprint density at radius 2 is 2.14 bits per heavy atom. The fourth-order valence-corrected chi connectivity index (χ4v) is 2.46. The van der Waals surface area contributed by atoms with Gasteiger partial charge in [-0.1, -0.05) is 13.8 Å². The molecule has 1 aliphatic carbocycles. The van der Waals surface area contributed by atoms with Crippen molar-refractivity contribution in [3.05, 3.63) is 0 Å². The first-order valence-corrected chi connectivity index (χ1v) is 6.17. The molecule has 14 heavy (non-hydrogen) atoms. The molecule has 3 atom stereocenters. The lowest BCUT2D eigenvalue weighted by Crippen LogP contribution is -2.42. The zero-order valence-corrected chi connectivity index (χ0v) is 10.0. The first-order chi connectivity index (χ1) is 6.63. The molecule has 1 amide bonds. The third-order valence-electron chi connectivity index (χ3n) is 3.12. The summed E-state index contributed by atoms with van der Waals surface area (Å²) < 4.78 is 0. The highest BCUT2D eigenvalue weighted by molar-refractivity contribution is 7.80. The Bertz CT molecular complexity index is 196. The molecule has 3 unspecified atom stereocenters. The van der Waals surface area contributed by atoms with Crippen LogP contribution in [0.15, 0.2) is 0 Å². The van der Waals surface area contributed by atoms with Crippen molar-refractivity contribution in [2.45, 2.75) is 45.6 Å². The Morgan fingerprint density at radius 3 is 2.71 bits per heavy atom. The van der Waals surface area contributed by atoms with E-state index < -0.39 is 0 Å². The van der Waals surface area contributed by atoms with Gasteiger partial charge in [-0.05, 0) is 36.9 Å². The summed E-state index contributed by atoms with van der Waals surface area (Å²) in [5.41, 5.74) is 0. The SMILES string of the molecule is CC1CCC(NC(=O)CCS)C(C)C1. The number of carbonyl (C=O) groups excluding carboxylic acids is 1. The molecule has 0 radical (unpaired) electrons. The molecular formula is C11H21NOS. The summed E-state index contributed by atoms with van der Waals surface area (Å²) in [7, 11) is 0. The van der Waals surface area contributed by atoms with Crippen molar-refractivity contribution in [3.63, 3.8) is 0 Å². The largest absolute Gasteiger partial charge is 0.353 e. The van der Waals surface area contributed by atoms with Gasteiger partial charge in [-0.2, -0.15) is 12.6 Å². The number of hydrogen-bond acceptors (Lipinski definition) is 2. The van der Waals surface area contributed by atoms with Gasteiger partial charge in [0.2, 0.25) is 5.91 Å². The number of thiol groups is 1. The van der Waals surface area contributed by atoms with Crippen LogP contribution in [0.4, 0.5) is 0 Å². The minimum Gasteiger partial charge on any atom is -0.353 e. The molecule has 0 spiro atoms. The molecule has 0 aromatic carbocycles. The van der Waals surface area contributed by atoms with E-state index in [9.17, 15) is 4.79 Å². The standard InChI is InChI=1S/C11H21NOS/c1-8-3-4-10(9(2)7-8)12-11(13)5-6-14/h8-10,14H,3-7H2,1-2H3,(H,12,13). The molecular weight excluding hydrogens is 194 g/mol. The van der Waals surface area contributed by atoms with Crippen LogP contribution in [0.2, 0.25) is 0 Å². The van der Waals surface area contributed by atoms with Crippen LogP contribution in [0.5, 0.6) is 0 Å². The Morgan fingerprint density at radius 1 is 1.43 bits per heavy atom. The molecule has 0 aromatic rings. The van der Waals surface area contributed by atoms with E-state index in [4.69, 9.17) is 0 Å². The van der Waals surface area contributed by atoms with Crippen LogP contribution >= 0.6 is 12.6 Å². The normalized spacial score (nSPS) is 32.6. The Labute approximate surface area is 92.2 Å². The highest BCUT2D eigenvalue weighted by Crippen LogP contribution is 2.28. The molecule has 3 heteroatoms. The van der Waals surface area contributed by atoms with Crippen LogP contribution < -0.4 is 5.32 Å². The quantitative estimate of drug-likeness (QED) is 0.695. The van der Waals surface area contributed by atoms with Crippen molar-refractivity contribution in [2.75, 3.05) is 5.75 Å². The first kappa shape index (κ1) is 11.9. The minimum absolute atomic E-state index is 0.159. The molecule has 1 aliphatic rings. The van der Waals surface area contributed by atoms with E-state index in [1.54, 1.807) is 0 Å². The second-order valence-electron chi connectivity index (χ2n) is 4.54. The van der Waals surface area contributed by atoms with Crippen LogP contribution in [0.3, 0.4) is 0 Å². The Hall–Kier alpha value is -0.180. The molecule has 1 rings (SSSR count). The van der Waals surface area contributed by atoms with E-state index in [1.807, 2.05) is 0 Å². The lowest BCUT2D eigenvalue weighted by atomic mass is 9.80. The van der Waals surface area contributed by atoms with Gasteiger partial charge < -0.3 is 5.32 Å². The van der Waals surface area contributed by atoms with Gasteiger partial charge in [0.15, 0.2) is 0 Å². The number of rotatable bonds is 3. The third kappa shape index (κ3) is 3.52. The Balaban J connectivity index is 2.33. The zero-order valence-electron chi connectivity index (χ0n) is 9.12. The van der Waals surface area contributed by atoms with Crippen molar-refractivity contribution in [1.82, 2.24) is 5.32 Å². The molecule has 1 fully saturated rings. The summed E-state index contributed by atoms with van der Waals surface area (Å²) in [6, 6.07) is 0.401. The maximum Gasteiger partial charge on any atom is 0.221 e. The van der Waals surface area contributed by atoms with Gasteiger partial charge in [-0.25, -0.2) is 0 Å². The summed E-state index contributed by atoms with van der Waals surface area (Å²) in [6.45, 7) is 4.53. The molecule has 0 heterocycles. The van der Waals surface area contributed by atoms with Gasteiger partial charge in [0.05, 0.1) is 0 Å². The minimum atomic E-state index is 0.159. The number of carbonyl (C=O) groups is 1. The van der Waals surface area contributed by atoms with Crippen molar-refractivity contribution in [3.8, 4) is 0 Å². The average molecular weight is 215 g/mol.